The van der Waals surface area contributed by atoms with Crippen LogP contribution < -0.4 is 0 Å². The third-order valence-electron chi connectivity index (χ3n) is 13.9. The zero-order chi connectivity index (χ0) is 44.8. The van der Waals surface area contributed by atoms with Gasteiger partial charge in [-0.3, -0.25) is 19.2 Å². The SMILES string of the molecule is CCOC(=O)[C@H](C)OC(=O)C1[C@@](C)(C2CCCCC2)[C@]1(C(=O)O[C@@H](C)C(=O)OCC)[C@]1(C(=O)O[C@@H](C)C(=O)OCC)C(C(=O)O[C@@H](C)C(=O)OCC)[C@@]1(C)C1CCCCC1. The van der Waals surface area contributed by atoms with Crippen molar-refractivity contribution in [3.8, 4) is 0 Å². The van der Waals surface area contributed by atoms with E-state index in [1.807, 2.05) is 0 Å². The van der Waals surface area contributed by atoms with Crippen molar-refractivity contribution in [1.29, 1.82) is 0 Å². The van der Waals surface area contributed by atoms with Crippen molar-refractivity contribution in [2.75, 3.05) is 26.4 Å². The molecule has 4 aliphatic rings. The molecule has 0 aliphatic heterocycles. The van der Waals surface area contributed by atoms with E-state index >= 15 is 19.2 Å². The lowest BCUT2D eigenvalue weighted by Gasteiger charge is -2.39. The first-order valence-electron chi connectivity index (χ1n) is 21.8. The Kier molecular flexibility index (Phi) is 15.9. The van der Waals surface area contributed by atoms with E-state index in [1.165, 1.54) is 27.7 Å². The molecule has 16 nitrogen and oxygen atoms in total. The van der Waals surface area contributed by atoms with Gasteiger partial charge < -0.3 is 37.9 Å². The lowest BCUT2D eigenvalue weighted by Crippen LogP contribution is -2.49. The highest BCUT2D eigenvalue weighted by Gasteiger charge is 3.03. The summed E-state index contributed by atoms with van der Waals surface area (Å²) in [6.45, 7) is 14.9. The first-order valence-corrected chi connectivity index (χ1v) is 21.8. The summed E-state index contributed by atoms with van der Waals surface area (Å²) in [5, 5.41) is 0. The van der Waals surface area contributed by atoms with Crippen LogP contribution in [0.1, 0.15) is 133 Å². The second kappa shape index (κ2) is 19.6. The minimum atomic E-state index is -2.33. The summed E-state index contributed by atoms with van der Waals surface area (Å²) < 4.78 is 44.4. The van der Waals surface area contributed by atoms with Gasteiger partial charge in [0.25, 0.3) is 0 Å². The first-order chi connectivity index (χ1) is 28.3. The molecular formula is C44H66O16. The molecule has 4 aliphatic carbocycles. The quantitative estimate of drug-likeness (QED) is 0.118. The number of ether oxygens (including phenoxy) is 8. The Labute approximate surface area is 353 Å². The zero-order valence-corrected chi connectivity index (χ0v) is 37.1. The van der Waals surface area contributed by atoms with Crippen molar-refractivity contribution in [3.05, 3.63) is 0 Å². The number of carbonyl (C=O) groups excluding carboxylic acids is 8. The molecule has 0 bridgehead atoms. The average molecular weight is 851 g/mol. The Morgan fingerprint density at radius 1 is 0.433 bits per heavy atom. The van der Waals surface area contributed by atoms with E-state index in [-0.39, 0.29) is 26.4 Å². The lowest BCUT2D eigenvalue weighted by molar-refractivity contribution is -0.187. The van der Waals surface area contributed by atoms with Gasteiger partial charge in [-0.05, 0) is 92.9 Å². The van der Waals surface area contributed by atoms with E-state index in [1.54, 1.807) is 41.5 Å². The van der Waals surface area contributed by atoms with E-state index in [2.05, 4.69) is 0 Å². The number of hydrogen-bond acceptors (Lipinski definition) is 16. The molecule has 4 rings (SSSR count). The van der Waals surface area contributed by atoms with Gasteiger partial charge in [0.15, 0.2) is 24.4 Å². The van der Waals surface area contributed by atoms with Crippen LogP contribution in [-0.4, -0.2) is 98.6 Å². The summed E-state index contributed by atoms with van der Waals surface area (Å²) in [6, 6.07) is 0. The predicted molar refractivity (Wildman–Crippen MR) is 210 cm³/mol. The molecule has 0 spiro atoms. The van der Waals surface area contributed by atoms with Crippen LogP contribution in [0.25, 0.3) is 0 Å². The molecule has 338 valence electrons. The molecule has 60 heavy (non-hydrogen) atoms. The highest BCUT2D eigenvalue weighted by atomic mass is 16.6. The largest absolute Gasteiger partial charge is 0.463 e. The number of hydrogen-bond donors (Lipinski definition) is 0. The smallest absolute Gasteiger partial charge is 0.347 e. The Morgan fingerprint density at radius 2 is 0.683 bits per heavy atom. The molecule has 4 saturated carbocycles. The fourth-order valence-electron chi connectivity index (χ4n) is 11.2. The molecule has 4 fully saturated rings. The van der Waals surface area contributed by atoms with Crippen LogP contribution in [0.2, 0.25) is 0 Å². The van der Waals surface area contributed by atoms with Crippen molar-refractivity contribution in [3.63, 3.8) is 0 Å². The zero-order valence-electron chi connectivity index (χ0n) is 37.1. The van der Waals surface area contributed by atoms with Gasteiger partial charge in [0.05, 0.1) is 38.3 Å². The van der Waals surface area contributed by atoms with Crippen LogP contribution in [-0.2, 0) is 76.3 Å². The van der Waals surface area contributed by atoms with E-state index < -0.39 is 118 Å². The van der Waals surface area contributed by atoms with Gasteiger partial charge in [0.1, 0.15) is 10.8 Å². The average Bonchev–Trinajstić information content (AvgIpc) is 4.03. The third kappa shape index (κ3) is 8.24. The van der Waals surface area contributed by atoms with Crippen LogP contribution in [0, 0.1) is 45.3 Å². The van der Waals surface area contributed by atoms with Crippen molar-refractivity contribution >= 4 is 47.8 Å². The molecule has 0 heterocycles. The summed E-state index contributed by atoms with van der Waals surface area (Å²) in [4.78, 5) is 114. The summed E-state index contributed by atoms with van der Waals surface area (Å²) >= 11 is 0. The van der Waals surface area contributed by atoms with E-state index in [4.69, 9.17) is 37.9 Å². The van der Waals surface area contributed by atoms with Crippen molar-refractivity contribution in [2.45, 2.75) is 158 Å². The fraction of sp³-hybridized carbons (Fsp3) is 0.818. The molecule has 0 N–H and O–H groups in total. The fourth-order valence-corrected chi connectivity index (χ4v) is 11.2. The maximum atomic E-state index is 15.8. The second-order valence-electron chi connectivity index (χ2n) is 17.0. The number of rotatable bonds is 19. The van der Waals surface area contributed by atoms with Crippen LogP contribution >= 0.6 is 0 Å². The topological polar surface area (TPSA) is 210 Å². The Hall–Kier alpha value is -4.24. The standard InChI is InChI=1S/C44H66O16/c1-11-53-33(45)25(5)57-37(49)31-41(9,29-21-17-15-18-22-29)43(31,39(51)59-27(7)35(47)55-13-3)44(40(52)60-28(8)36(48)56-14-4)32(38(50)58-26(6)34(46)54-12-2)42(44,10)30-23-19-16-20-24-30/h25-32H,11-24H2,1-10H3/t25-,26-,27-,28-,31?,32?,41+,42+,43-,44-/m0/s1. The molecule has 10 atom stereocenters. The number of carbonyl (C=O) groups is 8. The summed E-state index contributed by atoms with van der Waals surface area (Å²) in [5.41, 5.74) is -7.73. The Bertz CT molecular complexity index is 1510. The molecule has 0 saturated heterocycles. The monoisotopic (exact) mass is 850 g/mol. The maximum absolute atomic E-state index is 15.8. The van der Waals surface area contributed by atoms with Gasteiger partial charge in [-0.25, -0.2) is 19.2 Å². The van der Waals surface area contributed by atoms with Crippen molar-refractivity contribution in [1.82, 2.24) is 0 Å². The van der Waals surface area contributed by atoms with Gasteiger partial charge in [-0.2, -0.15) is 0 Å². The predicted octanol–water partition coefficient (Wildman–Crippen LogP) is 5.37. The van der Waals surface area contributed by atoms with Gasteiger partial charge in [-0.15, -0.1) is 0 Å². The summed E-state index contributed by atoms with van der Waals surface area (Å²) in [7, 11) is 0. The summed E-state index contributed by atoms with van der Waals surface area (Å²) in [5.74, 6) is -11.9. The third-order valence-corrected chi connectivity index (χ3v) is 13.9. The normalized spacial score (nSPS) is 30.8. The van der Waals surface area contributed by atoms with Crippen LogP contribution in [0.3, 0.4) is 0 Å². The molecule has 0 aromatic rings. The van der Waals surface area contributed by atoms with Gasteiger partial charge in [0, 0.05) is 10.8 Å². The molecule has 0 radical (unpaired) electrons. The minimum Gasteiger partial charge on any atom is -0.463 e. The van der Waals surface area contributed by atoms with Gasteiger partial charge in [-0.1, -0.05) is 52.4 Å². The molecule has 0 aromatic heterocycles. The van der Waals surface area contributed by atoms with E-state index in [9.17, 15) is 19.2 Å². The second-order valence-corrected chi connectivity index (χ2v) is 17.0. The Balaban J connectivity index is 2.12. The molecule has 0 amide bonds. The number of esters is 8. The van der Waals surface area contributed by atoms with Gasteiger partial charge >= 0.3 is 47.8 Å². The van der Waals surface area contributed by atoms with Crippen LogP contribution in [0.15, 0.2) is 0 Å². The first kappa shape index (κ1) is 48.4. The van der Waals surface area contributed by atoms with Crippen molar-refractivity contribution in [2.24, 2.45) is 45.3 Å². The summed E-state index contributed by atoms with van der Waals surface area (Å²) in [6.07, 6.45) is 0.657. The molecule has 2 unspecified atom stereocenters. The Morgan fingerprint density at radius 3 is 0.933 bits per heavy atom. The minimum absolute atomic E-state index is 0.00664. The molecule has 0 aromatic carbocycles. The highest BCUT2D eigenvalue weighted by Crippen LogP contribution is 2.94. The lowest BCUT2D eigenvalue weighted by atomic mass is 9.64. The highest BCUT2D eigenvalue weighted by molar-refractivity contribution is 6.07. The van der Waals surface area contributed by atoms with Crippen molar-refractivity contribution < 1.29 is 76.3 Å². The van der Waals surface area contributed by atoms with Crippen LogP contribution in [0.4, 0.5) is 0 Å². The van der Waals surface area contributed by atoms with E-state index in [0.717, 1.165) is 12.8 Å². The van der Waals surface area contributed by atoms with Gasteiger partial charge in [0.2, 0.25) is 0 Å². The van der Waals surface area contributed by atoms with Crippen LogP contribution in [0.5, 0.6) is 0 Å². The maximum Gasteiger partial charge on any atom is 0.347 e. The molecular weight excluding hydrogens is 784 g/mol. The molecule has 16 heteroatoms. The van der Waals surface area contributed by atoms with E-state index in [0.29, 0.717) is 51.4 Å².